The van der Waals surface area contributed by atoms with E-state index < -0.39 is 44.7 Å². The molecule has 0 radical (unpaired) electrons. The fraction of sp³-hybridized carbons (Fsp3) is 0.333. The van der Waals surface area contributed by atoms with E-state index in [4.69, 9.17) is 0 Å². The number of rotatable bonds is 4. The number of halogens is 3. The molecule has 0 aliphatic carbocycles. The molecular weight excluding hydrogens is 309 g/mol. The number of alkyl halides is 3. The topological polar surface area (TPSA) is 96.0 Å². The Labute approximate surface area is 110 Å². The van der Waals surface area contributed by atoms with Gasteiger partial charge in [0.05, 0.1) is 7.11 Å². The lowest BCUT2D eigenvalue weighted by Gasteiger charge is -2.08. The van der Waals surface area contributed by atoms with Crippen LogP contribution in [0.3, 0.4) is 0 Å². The second-order valence-corrected chi connectivity index (χ2v) is 4.89. The molecular formula is C9H7F3O7S. The summed E-state index contributed by atoms with van der Waals surface area (Å²) in [6, 6.07) is 0. The van der Waals surface area contributed by atoms with E-state index in [0.29, 0.717) is 0 Å². The standard InChI is InChI=1S/C9H7F3O7S/c1-4(13)3-5-6(17-2)7(8(14)18-5)19-20(15,16)9(10,11)12/h3H,1-2H3/b5-3-. The first kappa shape index (κ1) is 16.0. The zero-order valence-electron chi connectivity index (χ0n) is 9.98. The average molecular weight is 316 g/mol. The Morgan fingerprint density at radius 2 is 1.85 bits per heavy atom. The van der Waals surface area contributed by atoms with Crippen LogP contribution in [-0.2, 0) is 33.4 Å². The lowest BCUT2D eigenvalue weighted by atomic mass is 10.3. The second-order valence-electron chi connectivity index (χ2n) is 3.35. The Hall–Kier alpha value is -2.04. The summed E-state index contributed by atoms with van der Waals surface area (Å²) in [5, 5.41) is 0. The molecule has 0 unspecified atom stereocenters. The van der Waals surface area contributed by atoms with Gasteiger partial charge < -0.3 is 13.7 Å². The highest BCUT2D eigenvalue weighted by atomic mass is 32.2. The lowest BCUT2D eigenvalue weighted by Crippen LogP contribution is -2.26. The maximum absolute atomic E-state index is 12.2. The SMILES string of the molecule is COC1=C(OS(=O)(=O)C(F)(F)F)C(=O)O/C1=C\C(C)=O. The van der Waals surface area contributed by atoms with Crippen molar-refractivity contribution in [1.82, 2.24) is 0 Å². The van der Waals surface area contributed by atoms with Crippen LogP contribution in [0.4, 0.5) is 13.2 Å². The number of cyclic esters (lactones) is 1. The predicted octanol–water partition coefficient (Wildman–Crippen LogP) is 0.740. The monoisotopic (exact) mass is 316 g/mol. The molecule has 0 amide bonds. The first-order valence-corrected chi connectivity index (χ1v) is 6.14. The van der Waals surface area contributed by atoms with Crippen molar-refractivity contribution in [2.75, 3.05) is 7.11 Å². The summed E-state index contributed by atoms with van der Waals surface area (Å²) in [5.41, 5.74) is -5.73. The van der Waals surface area contributed by atoms with Crippen LogP contribution in [0.15, 0.2) is 23.4 Å². The molecule has 0 spiro atoms. The number of carbonyl (C=O) groups is 2. The Morgan fingerprint density at radius 3 is 2.25 bits per heavy atom. The molecule has 1 rings (SSSR count). The van der Waals surface area contributed by atoms with Gasteiger partial charge >= 0.3 is 21.6 Å². The van der Waals surface area contributed by atoms with Gasteiger partial charge in [-0.15, -0.1) is 0 Å². The Bertz CT molecular complexity index is 612. The van der Waals surface area contributed by atoms with Gasteiger partial charge in [0, 0.05) is 6.08 Å². The van der Waals surface area contributed by atoms with Crippen molar-refractivity contribution in [1.29, 1.82) is 0 Å². The number of carbonyl (C=O) groups excluding carboxylic acids is 2. The number of esters is 1. The van der Waals surface area contributed by atoms with E-state index in [9.17, 15) is 31.2 Å². The molecule has 0 fully saturated rings. The first-order chi connectivity index (χ1) is 8.99. The van der Waals surface area contributed by atoms with Crippen LogP contribution in [-0.4, -0.2) is 32.8 Å². The highest BCUT2D eigenvalue weighted by Crippen LogP contribution is 2.33. The van der Waals surface area contributed by atoms with Crippen molar-refractivity contribution in [2.45, 2.75) is 12.4 Å². The summed E-state index contributed by atoms with van der Waals surface area (Å²) < 4.78 is 70.7. The maximum atomic E-state index is 12.2. The summed E-state index contributed by atoms with van der Waals surface area (Å²) in [7, 11) is -5.13. The van der Waals surface area contributed by atoms with Crippen molar-refractivity contribution in [3.8, 4) is 0 Å². The molecule has 1 aliphatic heterocycles. The lowest BCUT2D eigenvalue weighted by molar-refractivity contribution is -0.135. The fourth-order valence-corrected chi connectivity index (χ4v) is 1.56. The average Bonchev–Trinajstić information content (AvgIpc) is 2.51. The molecule has 0 bridgehead atoms. The largest absolute Gasteiger partial charge is 0.534 e. The van der Waals surface area contributed by atoms with Crippen molar-refractivity contribution >= 4 is 21.9 Å². The summed E-state index contributed by atoms with van der Waals surface area (Å²) in [5.74, 6) is -4.71. The number of methoxy groups -OCH3 is 1. The van der Waals surface area contributed by atoms with Crippen LogP contribution < -0.4 is 0 Å². The molecule has 11 heteroatoms. The van der Waals surface area contributed by atoms with Crippen molar-refractivity contribution in [3.63, 3.8) is 0 Å². The van der Waals surface area contributed by atoms with E-state index >= 15 is 0 Å². The van der Waals surface area contributed by atoms with Crippen LogP contribution in [0.5, 0.6) is 0 Å². The molecule has 0 aromatic heterocycles. The van der Waals surface area contributed by atoms with Gasteiger partial charge in [-0.25, -0.2) is 4.79 Å². The molecule has 1 aliphatic rings. The first-order valence-electron chi connectivity index (χ1n) is 4.73. The minimum atomic E-state index is -6.06. The Kier molecular flexibility index (Phi) is 4.12. The third-order valence-electron chi connectivity index (χ3n) is 1.83. The van der Waals surface area contributed by atoms with Gasteiger partial charge in [0.1, 0.15) is 0 Å². The number of hydrogen-bond acceptors (Lipinski definition) is 7. The van der Waals surface area contributed by atoms with Crippen LogP contribution in [0, 0.1) is 0 Å². The van der Waals surface area contributed by atoms with E-state index in [0.717, 1.165) is 20.1 Å². The third-order valence-corrected chi connectivity index (χ3v) is 2.79. The molecule has 112 valence electrons. The molecule has 0 aromatic rings. The number of hydrogen-bond donors (Lipinski definition) is 0. The third kappa shape index (κ3) is 3.10. The number of ketones is 1. The quantitative estimate of drug-likeness (QED) is 0.327. The van der Waals surface area contributed by atoms with Gasteiger partial charge in [-0.3, -0.25) is 4.79 Å². The highest BCUT2D eigenvalue weighted by molar-refractivity contribution is 7.87. The molecule has 20 heavy (non-hydrogen) atoms. The maximum Gasteiger partial charge on any atom is 0.534 e. The molecule has 0 aromatic carbocycles. The zero-order valence-corrected chi connectivity index (χ0v) is 10.8. The smallest absolute Gasteiger partial charge is 0.489 e. The number of allylic oxidation sites excluding steroid dienone is 1. The van der Waals surface area contributed by atoms with Crippen LogP contribution in [0.1, 0.15) is 6.92 Å². The van der Waals surface area contributed by atoms with Crippen molar-refractivity contribution in [3.05, 3.63) is 23.4 Å². The van der Waals surface area contributed by atoms with Crippen LogP contribution in [0.25, 0.3) is 0 Å². The van der Waals surface area contributed by atoms with Gasteiger partial charge in [-0.1, -0.05) is 0 Å². The van der Waals surface area contributed by atoms with Crippen molar-refractivity contribution in [2.24, 2.45) is 0 Å². The summed E-state index contributed by atoms with van der Waals surface area (Å²) >= 11 is 0. The van der Waals surface area contributed by atoms with E-state index in [1.54, 1.807) is 0 Å². The van der Waals surface area contributed by atoms with Crippen molar-refractivity contribution < 1.29 is 44.8 Å². The molecule has 7 nitrogen and oxygen atoms in total. The normalized spacial score (nSPS) is 18.2. The zero-order chi connectivity index (χ0) is 15.7. The minimum absolute atomic E-state index is 0.544. The molecule has 0 saturated heterocycles. The summed E-state index contributed by atoms with van der Waals surface area (Å²) in [6.07, 6.45) is 0.729. The van der Waals surface area contributed by atoms with E-state index in [1.807, 2.05) is 0 Å². The second kappa shape index (κ2) is 5.15. The Morgan fingerprint density at radius 1 is 1.30 bits per heavy atom. The summed E-state index contributed by atoms with van der Waals surface area (Å²) in [4.78, 5) is 22.1. The Balaban J connectivity index is 3.28. The highest BCUT2D eigenvalue weighted by Gasteiger charge is 2.51. The fourth-order valence-electron chi connectivity index (χ4n) is 1.10. The summed E-state index contributed by atoms with van der Waals surface area (Å²) in [6.45, 7) is 1.07. The molecule has 1 heterocycles. The molecule has 0 N–H and O–H groups in total. The van der Waals surface area contributed by atoms with E-state index in [1.165, 1.54) is 0 Å². The predicted molar refractivity (Wildman–Crippen MR) is 55.0 cm³/mol. The van der Waals surface area contributed by atoms with Gasteiger partial charge in [0.15, 0.2) is 11.5 Å². The van der Waals surface area contributed by atoms with Crippen LogP contribution in [0.2, 0.25) is 0 Å². The molecule has 0 saturated carbocycles. The molecule has 0 atom stereocenters. The van der Waals surface area contributed by atoms with E-state index in [2.05, 4.69) is 13.7 Å². The van der Waals surface area contributed by atoms with E-state index in [-0.39, 0.29) is 0 Å². The van der Waals surface area contributed by atoms with Gasteiger partial charge in [0.25, 0.3) is 5.76 Å². The number of ether oxygens (including phenoxy) is 2. The van der Waals surface area contributed by atoms with Gasteiger partial charge in [0.2, 0.25) is 5.76 Å². The van der Waals surface area contributed by atoms with Gasteiger partial charge in [-0.2, -0.15) is 21.6 Å². The van der Waals surface area contributed by atoms with Crippen LogP contribution >= 0.6 is 0 Å². The minimum Gasteiger partial charge on any atom is -0.489 e. The van der Waals surface area contributed by atoms with Gasteiger partial charge in [-0.05, 0) is 6.92 Å².